The van der Waals surface area contributed by atoms with Crippen LogP contribution in [0.15, 0.2) is 12.1 Å². The van der Waals surface area contributed by atoms with Gasteiger partial charge in [0.2, 0.25) is 0 Å². The summed E-state index contributed by atoms with van der Waals surface area (Å²) in [6, 6.07) is 4.79. The molecule has 1 aromatic carbocycles. The molecule has 2 saturated carbocycles. The fourth-order valence-electron chi connectivity index (χ4n) is 6.22. The molecule has 0 saturated heterocycles. The number of halogens is 2. The van der Waals surface area contributed by atoms with Crippen molar-refractivity contribution in [3.63, 3.8) is 0 Å². The first-order valence-electron chi connectivity index (χ1n) is 13.5. The van der Waals surface area contributed by atoms with Crippen LogP contribution in [0.25, 0.3) is 0 Å². The minimum Gasteiger partial charge on any atom is -0.203 e. The van der Waals surface area contributed by atoms with Crippen molar-refractivity contribution < 1.29 is 8.78 Å². The van der Waals surface area contributed by atoms with Gasteiger partial charge in [0.1, 0.15) is 6.07 Å². The lowest BCUT2D eigenvalue weighted by Crippen LogP contribution is -2.18. The van der Waals surface area contributed by atoms with Gasteiger partial charge in [-0.3, -0.25) is 0 Å². The first-order valence-corrected chi connectivity index (χ1v) is 13.5. The average molecular weight is 444 g/mol. The number of hydrogen-bond donors (Lipinski definition) is 0. The van der Waals surface area contributed by atoms with Crippen LogP contribution >= 0.6 is 0 Å². The molecule has 2 fully saturated rings. The van der Waals surface area contributed by atoms with Crippen LogP contribution in [0.5, 0.6) is 0 Å². The van der Waals surface area contributed by atoms with Gasteiger partial charge in [-0.05, 0) is 61.0 Å². The van der Waals surface area contributed by atoms with Crippen molar-refractivity contribution in [1.82, 2.24) is 0 Å². The Balaban J connectivity index is 1.30. The molecule has 0 N–H and O–H groups in total. The predicted molar refractivity (Wildman–Crippen MR) is 128 cm³/mol. The lowest BCUT2D eigenvalue weighted by molar-refractivity contribution is 0.221. The molecule has 0 bridgehead atoms. The second-order valence-corrected chi connectivity index (χ2v) is 10.7. The molecule has 3 heteroatoms. The second-order valence-electron chi connectivity index (χ2n) is 10.7. The van der Waals surface area contributed by atoms with Gasteiger partial charge in [0.05, 0.1) is 5.56 Å². The Morgan fingerprint density at radius 3 is 1.84 bits per heavy atom. The fraction of sp³-hybridized carbons (Fsp3) is 0.759. The molecule has 1 nitrogen and oxygen atoms in total. The van der Waals surface area contributed by atoms with E-state index in [-0.39, 0.29) is 11.5 Å². The molecule has 0 aromatic heterocycles. The molecular weight excluding hydrogens is 400 g/mol. The van der Waals surface area contributed by atoms with Crippen LogP contribution in [-0.4, -0.2) is 0 Å². The van der Waals surface area contributed by atoms with Gasteiger partial charge in [-0.1, -0.05) is 96.5 Å². The standard InChI is InChI=1S/C29H43F2N/c1-2-3-4-5-6-7-8-22-9-11-23(12-10-22)13-14-24-15-17-25(18-16-24)27-20-19-26(21-32)28(30)29(27)31/h19-20,22-25H,2-18H2,1H3. The third-order valence-electron chi connectivity index (χ3n) is 8.43. The van der Waals surface area contributed by atoms with E-state index in [4.69, 9.17) is 5.26 Å². The molecule has 0 radical (unpaired) electrons. The maximum absolute atomic E-state index is 14.4. The summed E-state index contributed by atoms with van der Waals surface area (Å²) in [5.41, 5.74) is 0.283. The van der Waals surface area contributed by atoms with Crippen LogP contribution in [0, 0.1) is 40.7 Å². The summed E-state index contributed by atoms with van der Waals surface area (Å²) in [6.45, 7) is 2.28. The molecule has 0 unspecified atom stereocenters. The summed E-state index contributed by atoms with van der Waals surface area (Å²) in [5.74, 6) is 0.975. The van der Waals surface area contributed by atoms with E-state index in [9.17, 15) is 8.78 Å². The number of rotatable bonds is 11. The van der Waals surface area contributed by atoms with Gasteiger partial charge in [0.15, 0.2) is 11.6 Å². The van der Waals surface area contributed by atoms with Gasteiger partial charge in [-0.2, -0.15) is 5.26 Å². The Labute approximate surface area is 195 Å². The summed E-state index contributed by atoms with van der Waals surface area (Å²) in [6.07, 6.45) is 22.4. The molecule has 2 aliphatic rings. The maximum Gasteiger partial charge on any atom is 0.176 e. The summed E-state index contributed by atoms with van der Waals surface area (Å²) < 4.78 is 28.4. The highest BCUT2D eigenvalue weighted by Gasteiger charge is 2.27. The van der Waals surface area contributed by atoms with Crippen LogP contribution in [0.2, 0.25) is 0 Å². The van der Waals surface area contributed by atoms with Crippen molar-refractivity contribution in [3.05, 3.63) is 34.9 Å². The van der Waals surface area contributed by atoms with Gasteiger partial charge < -0.3 is 0 Å². The monoisotopic (exact) mass is 443 g/mol. The summed E-state index contributed by atoms with van der Waals surface area (Å²) in [7, 11) is 0. The third-order valence-corrected chi connectivity index (χ3v) is 8.43. The topological polar surface area (TPSA) is 23.8 Å². The van der Waals surface area contributed by atoms with Gasteiger partial charge >= 0.3 is 0 Å². The smallest absolute Gasteiger partial charge is 0.176 e. The van der Waals surface area contributed by atoms with E-state index in [0.717, 1.165) is 43.4 Å². The van der Waals surface area contributed by atoms with Crippen LogP contribution in [-0.2, 0) is 0 Å². The zero-order valence-corrected chi connectivity index (χ0v) is 20.2. The lowest BCUT2D eigenvalue weighted by atomic mass is 9.73. The molecular formula is C29H43F2N. The van der Waals surface area contributed by atoms with Gasteiger partial charge in [0, 0.05) is 0 Å². The largest absolute Gasteiger partial charge is 0.203 e. The maximum atomic E-state index is 14.4. The molecule has 3 rings (SSSR count). The van der Waals surface area contributed by atoms with E-state index in [0.29, 0.717) is 5.56 Å². The van der Waals surface area contributed by atoms with Crippen LogP contribution in [0.4, 0.5) is 8.78 Å². The van der Waals surface area contributed by atoms with Crippen molar-refractivity contribution in [2.24, 2.45) is 17.8 Å². The average Bonchev–Trinajstić information content (AvgIpc) is 2.83. The molecule has 32 heavy (non-hydrogen) atoms. The van der Waals surface area contributed by atoms with E-state index in [1.807, 2.05) is 0 Å². The van der Waals surface area contributed by atoms with Gasteiger partial charge in [-0.25, -0.2) is 8.78 Å². The van der Waals surface area contributed by atoms with Gasteiger partial charge in [-0.15, -0.1) is 0 Å². The van der Waals surface area contributed by atoms with Crippen LogP contribution in [0.1, 0.15) is 133 Å². The minimum absolute atomic E-state index is 0.103. The Morgan fingerprint density at radius 2 is 1.25 bits per heavy atom. The number of nitriles is 1. The van der Waals surface area contributed by atoms with Crippen LogP contribution < -0.4 is 0 Å². The van der Waals surface area contributed by atoms with Crippen molar-refractivity contribution in [2.75, 3.05) is 0 Å². The van der Waals surface area contributed by atoms with Crippen LogP contribution in [0.3, 0.4) is 0 Å². The summed E-state index contributed by atoms with van der Waals surface area (Å²) >= 11 is 0. The normalized spacial score (nSPS) is 26.1. The molecule has 0 aliphatic heterocycles. The van der Waals surface area contributed by atoms with E-state index in [1.165, 1.54) is 89.5 Å². The first kappa shape index (κ1) is 25.2. The van der Waals surface area contributed by atoms with E-state index >= 15 is 0 Å². The minimum atomic E-state index is -0.973. The molecule has 0 amide bonds. The molecule has 178 valence electrons. The SMILES string of the molecule is CCCCCCCCC1CCC(CCC2CCC(c3ccc(C#N)c(F)c3F)CC2)CC1. The quantitative estimate of drug-likeness (QED) is 0.312. The Hall–Kier alpha value is -1.43. The molecule has 2 aliphatic carbocycles. The number of hydrogen-bond acceptors (Lipinski definition) is 1. The fourth-order valence-corrected chi connectivity index (χ4v) is 6.22. The first-order chi connectivity index (χ1) is 15.6. The lowest BCUT2D eigenvalue weighted by Gasteiger charge is -2.32. The van der Waals surface area contributed by atoms with E-state index < -0.39 is 11.6 Å². The second kappa shape index (κ2) is 13.3. The highest BCUT2D eigenvalue weighted by molar-refractivity contribution is 5.36. The highest BCUT2D eigenvalue weighted by atomic mass is 19.2. The van der Waals surface area contributed by atoms with Crippen molar-refractivity contribution >= 4 is 0 Å². The Bertz CT molecular complexity index is 721. The summed E-state index contributed by atoms with van der Waals surface area (Å²) in [4.78, 5) is 0. The molecule has 1 aromatic rings. The summed E-state index contributed by atoms with van der Waals surface area (Å²) in [5, 5.41) is 8.88. The molecule has 0 atom stereocenters. The zero-order valence-electron chi connectivity index (χ0n) is 20.2. The predicted octanol–water partition coefficient (Wildman–Crippen LogP) is 9.45. The Kier molecular flexibility index (Phi) is 10.5. The van der Waals surface area contributed by atoms with E-state index in [1.54, 1.807) is 12.1 Å². The number of benzene rings is 1. The van der Waals surface area contributed by atoms with Crippen molar-refractivity contribution in [2.45, 2.75) is 122 Å². The number of nitrogens with zero attached hydrogens (tertiary/aromatic N) is 1. The molecule has 0 heterocycles. The third kappa shape index (κ3) is 7.29. The Morgan fingerprint density at radius 1 is 0.719 bits per heavy atom. The van der Waals surface area contributed by atoms with Crippen molar-refractivity contribution in [3.8, 4) is 6.07 Å². The van der Waals surface area contributed by atoms with Gasteiger partial charge in [0.25, 0.3) is 0 Å². The van der Waals surface area contributed by atoms with Crippen molar-refractivity contribution in [1.29, 1.82) is 5.26 Å². The number of unbranched alkanes of at least 4 members (excludes halogenated alkanes) is 5. The highest BCUT2D eigenvalue weighted by Crippen LogP contribution is 2.41. The molecule has 0 spiro atoms. The zero-order chi connectivity index (χ0) is 22.8. The van der Waals surface area contributed by atoms with E-state index in [2.05, 4.69) is 6.92 Å².